The Bertz CT molecular complexity index is 258. The van der Waals surface area contributed by atoms with Gasteiger partial charge in [-0.15, -0.1) is 5.10 Å². The minimum absolute atomic E-state index is 0.715. The van der Waals surface area contributed by atoms with Crippen molar-refractivity contribution in [1.29, 1.82) is 0 Å². The quantitative estimate of drug-likeness (QED) is 0.692. The molecule has 2 heterocycles. The molecule has 0 aliphatic carbocycles. The summed E-state index contributed by atoms with van der Waals surface area (Å²) in [5.41, 5.74) is 0. The smallest absolute Gasteiger partial charge is 0.265 e. The summed E-state index contributed by atoms with van der Waals surface area (Å²) in [4.78, 5) is 2.19. The minimum Gasteiger partial charge on any atom is -0.338 e. The van der Waals surface area contributed by atoms with Crippen LogP contribution in [0, 0.1) is 11.8 Å². The van der Waals surface area contributed by atoms with Gasteiger partial charge in [0.1, 0.15) is 0 Å². The minimum atomic E-state index is 0.715. The summed E-state index contributed by atoms with van der Waals surface area (Å²) in [5.74, 6) is 2.26. The van der Waals surface area contributed by atoms with Crippen molar-refractivity contribution in [3.8, 4) is 0 Å². The predicted octanol–water partition coefficient (Wildman–Crippen LogP) is 0.682. The van der Waals surface area contributed by atoms with Gasteiger partial charge in [0.15, 0.2) is 0 Å². The molecule has 2 unspecified atom stereocenters. The molecule has 0 radical (unpaired) electrons. The van der Waals surface area contributed by atoms with Gasteiger partial charge in [0.2, 0.25) is 0 Å². The lowest BCUT2D eigenvalue weighted by Crippen LogP contribution is -2.39. The number of aromatic nitrogens is 4. The third-order valence-electron chi connectivity index (χ3n) is 2.95. The highest BCUT2D eigenvalue weighted by Gasteiger charge is 2.24. The van der Waals surface area contributed by atoms with Crippen molar-refractivity contribution in [3.05, 3.63) is 0 Å². The van der Waals surface area contributed by atoms with Crippen LogP contribution < -0.4 is 4.90 Å². The van der Waals surface area contributed by atoms with Gasteiger partial charge in [0.05, 0.1) is 0 Å². The lowest BCUT2D eigenvalue weighted by Gasteiger charge is -2.34. The first-order valence-corrected chi connectivity index (χ1v) is 4.76. The van der Waals surface area contributed by atoms with Crippen LogP contribution in [0.15, 0.2) is 0 Å². The zero-order valence-corrected chi connectivity index (χ0v) is 8.06. The summed E-state index contributed by atoms with van der Waals surface area (Å²) in [6.07, 6.45) is 1.22. The highest BCUT2D eigenvalue weighted by Crippen LogP contribution is 2.24. The molecule has 1 aliphatic rings. The number of piperidine rings is 1. The van der Waals surface area contributed by atoms with E-state index in [4.69, 9.17) is 0 Å². The SMILES string of the molecule is CC1CCN(c2nn[nH]n2)CC1C. The number of rotatable bonds is 1. The van der Waals surface area contributed by atoms with E-state index in [0.29, 0.717) is 5.92 Å². The third-order valence-corrected chi connectivity index (χ3v) is 2.95. The van der Waals surface area contributed by atoms with Crippen molar-refractivity contribution in [3.63, 3.8) is 0 Å². The van der Waals surface area contributed by atoms with E-state index >= 15 is 0 Å². The average Bonchev–Trinajstić information content (AvgIpc) is 2.62. The van der Waals surface area contributed by atoms with E-state index in [2.05, 4.69) is 39.4 Å². The Morgan fingerprint density at radius 2 is 2.23 bits per heavy atom. The van der Waals surface area contributed by atoms with Gasteiger partial charge in [0.25, 0.3) is 5.95 Å². The van der Waals surface area contributed by atoms with Gasteiger partial charge in [-0.1, -0.05) is 18.9 Å². The van der Waals surface area contributed by atoms with Crippen LogP contribution in [0.3, 0.4) is 0 Å². The molecule has 5 nitrogen and oxygen atoms in total. The number of H-pyrrole nitrogens is 1. The van der Waals surface area contributed by atoms with Gasteiger partial charge in [-0.05, 0) is 23.5 Å². The molecule has 2 rings (SSSR count). The van der Waals surface area contributed by atoms with Crippen molar-refractivity contribution in [2.75, 3.05) is 18.0 Å². The van der Waals surface area contributed by atoms with Crippen molar-refractivity contribution >= 4 is 5.95 Å². The van der Waals surface area contributed by atoms with Crippen LogP contribution in [0.5, 0.6) is 0 Å². The van der Waals surface area contributed by atoms with Crippen molar-refractivity contribution in [2.45, 2.75) is 20.3 Å². The van der Waals surface area contributed by atoms with Crippen LogP contribution >= 0.6 is 0 Å². The van der Waals surface area contributed by atoms with Gasteiger partial charge in [-0.2, -0.15) is 5.21 Å². The van der Waals surface area contributed by atoms with Gasteiger partial charge in [-0.25, -0.2) is 0 Å². The number of hydrogen-bond acceptors (Lipinski definition) is 4. The Kier molecular flexibility index (Phi) is 2.16. The van der Waals surface area contributed by atoms with E-state index in [9.17, 15) is 0 Å². The second-order valence-corrected chi connectivity index (χ2v) is 3.90. The fraction of sp³-hybridized carbons (Fsp3) is 0.875. The van der Waals surface area contributed by atoms with E-state index in [0.717, 1.165) is 25.0 Å². The molecule has 2 atom stereocenters. The maximum Gasteiger partial charge on any atom is 0.265 e. The van der Waals surface area contributed by atoms with Gasteiger partial charge in [0, 0.05) is 13.1 Å². The van der Waals surface area contributed by atoms with Crippen LogP contribution in [0.25, 0.3) is 0 Å². The van der Waals surface area contributed by atoms with Crippen LogP contribution in [-0.2, 0) is 0 Å². The fourth-order valence-electron chi connectivity index (χ4n) is 1.73. The van der Waals surface area contributed by atoms with Crippen molar-refractivity contribution in [1.82, 2.24) is 20.6 Å². The molecule has 1 aliphatic heterocycles. The molecule has 1 saturated heterocycles. The third kappa shape index (κ3) is 1.64. The van der Waals surface area contributed by atoms with E-state index in [1.807, 2.05) is 0 Å². The predicted molar refractivity (Wildman–Crippen MR) is 49.3 cm³/mol. The Labute approximate surface area is 77.5 Å². The normalized spacial score (nSPS) is 29.2. The first kappa shape index (κ1) is 8.47. The summed E-state index contributed by atoms with van der Waals surface area (Å²) in [6, 6.07) is 0. The average molecular weight is 181 g/mol. The summed E-state index contributed by atoms with van der Waals surface area (Å²) < 4.78 is 0. The lowest BCUT2D eigenvalue weighted by molar-refractivity contribution is 0.321. The Morgan fingerprint density at radius 3 is 2.85 bits per heavy atom. The summed E-state index contributed by atoms with van der Waals surface area (Å²) in [6.45, 7) is 6.67. The highest BCUT2D eigenvalue weighted by molar-refractivity contribution is 5.26. The first-order chi connectivity index (χ1) is 6.27. The molecule has 72 valence electrons. The maximum atomic E-state index is 3.98. The molecule has 1 N–H and O–H groups in total. The maximum absolute atomic E-state index is 3.98. The number of aromatic amines is 1. The number of nitrogens with one attached hydrogen (secondary N) is 1. The molecule has 0 spiro atoms. The van der Waals surface area contributed by atoms with Gasteiger partial charge >= 0.3 is 0 Å². The molecule has 1 aromatic heterocycles. The molecule has 5 heteroatoms. The topological polar surface area (TPSA) is 57.7 Å². The van der Waals surface area contributed by atoms with Gasteiger partial charge < -0.3 is 4.90 Å². The van der Waals surface area contributed by atoms with E-state index in [1.54, 1.807) is 0 Å². The standard InChI is InChI=1S/C8H15N5/c1-6-3-4-13(5-7(6)2)8-9-11-12-10-8/h6-7H,3-5H2,1-2H3,(H,9,10,11,12). The second kappa shape index (κ2) is 3.32. The number of anilines is 1. The zero-order valence-electron chi connectivity index (χ0n) is 8.06. The second-order valence-electron chi connectivity index (χ2n) is 3.90. The number of hydrogen-bond donors (Lipinski definition) is 1. The summed E-state index contributed by atoms with van der Waals surface area (Å²) in [5, 5.41) is 14.0. The largest absolute Gasteiger partial charge is 0.338 e. The van der Waals surface area contributed by atoms with Crippen LogP contribution in [0.1, 0.15) is 20.3 Å². The van der Waals surface area contributed by atoms with Crippen LogP contribution in [0.2, 0.25) is 0 Å². The molecule has 0 saturated carbocycles. The van der Waals surface area contributed by atoms with E-state index < -0.39 is 0 Å². The lowest BCUT2D eigenvalue weighted by atomic mass is 9.89. The monoisotopic (exact) mass is 181 g/mol. The van der Waals surface area contributed by atoms with Crippen LogP contribution in [0.4, 0.5) is 5.95 Å². The van der Waals surface area contributed by atoms with Crippen molar-refractivity contribution in [2.24, 2.45) is 11.8 Å². The molecular weight excluding hydrogens is 166 g/mol. The molecule has 13 heavy (non-hydrogen) atoms. The molecule has 1 aromatic rings. The molecule has 0 amide bonds. The Morgan fingerprint density at radius 1 is 1.38 bits per heavy atom. The number of nitrogens with zero attached hydrogens (tertiary/aromatic N) is 4. The fourth-order valence-corrected chi connectivity index (χ4v) is 1.73. The Balaban J connectivity index is 2.03. The number of tetrazole rings is 1. The molecule has 0 bridgehead atoms. The zero-order chi connectivity index (χ0) is 9.26. The first-order valence-electron chi connectivity index (χ1n) is 4.76. The Hall–Kier alpha value is -1.13. The van der Waals surface area contributed by atoms with Gasteiger partial charge in [-0.3, -0.25) is 0 Å². The van der Waals surface area contributed by atoms with Crippen molar-refractivity contribution < 1.29 is 0 Å². The molecule has 0 aromatic carbocycles. The molecular formula is C8H15N5. The highest BCUT2D eigenvalue weighted by atomic mass is 15.5. The molecule has 1 fully saturated rings. The van der Waals surface area contributed by atoms with E-state index in [-0.39, 0.29) is 0 Å². The van der Waals surface area contributed by atoms with Crippen LogP contribution in [-0.4, -0.2) is 33.7 Å². The summed E-state index contributed by atoms with van der Waals surface area (Å²) in [7, 11) is 0. The summed E-state index contributed by atoms with van der Waals surface area (Å²) >= 11 is 0. The van der Waals surface area contributed by atoms with E-state index in [1.165, 1.54) is 6.42 Å².